The van der Waals surface area contributed by atoms with Gasteiger partial charge in [0.25, 0.3) is 0 Å². The molecule has 0 aromatic heterocycles. The average molecular weight is 276 g/mol. The Morgan fingerprint density at radius 3 is 2.33 bits per heavy atom. The summed E-state index contributed by atoms with van der Waals surface area (Å²) < 4.78 is 0. The van der Waals surface area contributed by atoms with Crippen LogP contribution in [-0.2, 0) is 0 Å². The van der Waals surface area contributed by atoms with E-state index in [4.69, 9.17) is 0 Å². The van der Waals surface area contributed by atoms with E-state index in [1.807, 2.05) is 24.3 Å². The van der Waals surface area contributed by atoms with Crippen LogP contribution in [0.2, 0.25) is 0 Å². The van der Waals surface area contributed by atoms with Crippen LogP contribution in [0.4, 0.5) is 0 Å². The van der Waals surface area contributed by atoms with Crippen molar-refractivity contribution in [3.63, 3.8) is 0 Å². The van der Waals surface area contributed by atoms with Crippen LogP contribution < -0.4 is 0 Å². The van der Waals surface area contributed by atoms with Crippen molar-refractivity contribution in [2.24, 2.45) is 0 Å². The second-order valence-electron chi connectivity index (χ2n) is 5.61. The van der Waals surface area contributed by atoms with Gasteiger partial charge in [-0.3, -0.25) is 4.79 Å². The molecule has 0 fully saturated rings. The average Bonchev–Trinajstić information content (AvgIpc) is 2.52. The quantitative estimate of drug-likeness (QED) is 0.329. The highest BCUT2D eigenvalue weighted by Crippen LogP contribution is 2.26. The maximum Gasteiger partial charge on any atom is 0.163 e. The molecule has 0 radical (unpaired) electrons. The highest BCUT2D eigenvalue weighted by molar-refractivity contribution is 6.11. The van der Waals surface area contributed by atoms with Gasteiger partial charge in [-0.25, -0.2) is 0 Å². The third-order valence-corrected chi connectivity index (χ3v) is 4.05. The predicted molar refractivity (Wildman–Crippen MR) is 89.9 cm³/mol. The molecule has 0 aliphatic heterocycles. The summed E-state index contributed by atoms with van der Waals surface area (Å²) in [6, 6.07) is 18.7. The lowest BCUT2D eigenvalue weighted by atomic mass is 9.96. The molecule has 0 spiro atoms. The van der Waals surface area contributed by atoms with E-state index in [1.165, 1.54) is 10.8 Å². The molecule has 1 heteroatoms. The minimum atomic E-state index is 0.268. The smallest absolute Gasteiger partial charge is 0.163 e. The Morgan fingerprint density at radius 2 is 1.57 bits per heavy atom. The lowest BCUT2D eigenvalue weighted by Gasteiger charge is -2.08. The molecular weight excluding hydrogens is 256 g/mol. The zero-order valence-corrected chi connectivity index (χ0v) is 12.4. The third-order valence-electron chi connectivity index (χ3n) is 4.05. The number of benzene rings is 3. The lowest BCUT2D eigenvalue weighted by molar-refractivity contribution is 0.0981. The van der Waals surface area contributed by atoms with Crippen LogP contribution in [-0.4, -0.2) is 5.78 Å². The Balaban J connectivity index is 2.06. The van der Waals surface area contributed by atoms with Gasteiger partial charge in [-0.15, -0.1) is 0 Å². The number of fused-ring (bicyclic) bond motifs is 2. The molecule has 0 aliphatic carbocycles. The lowest BCUT2D eigenvalue weighted by Crippen LogP contribution is -2.00. The topological polar surface area (TPSA) is 17.1 Å². The largest absolute Gasteiger partial charge is 0.294 e. The molecule has 0 unspecified atom stereocenters. The standard InChI is InChI=1S/C20H20O/c1-2-3-4-12-20(21)18-11-7-10-17-13-15-8-5-6-9-16(15)14-19(17)18/h5-11,13-14H,2-4,12H2,1H3. The summed E-state index contributed by atoms with van der Waals surface area (Å²) in [5.74, 6) is 0.268. The van der Waals surface area contributed by atoms with Crippen LogP contribution in [0.5, 0.6) is 0 Å². The van der Waals surface area contributed by atoms with E-state index in [-0.39, 0.29) is 5.78 Å². The van der Waals surface area contributed by atoms with Gasteiger partial charge in [0.05, 0.1) is 0 Å². The first-order valence-electron chi connectivity index (χ1n) is 7.74. The molecule has 106 valence electrons. The minimum absolute atomic E-state index is 0.268. The van der Waals surface area contributed by atoms with E-state index in [1.54, 1.807) is 0 Å². The van der Waals surface area contributed by atoms with Crippen molar-refractivity contribution in [2.75, 3.05) is 0 Å². The van der Waals surface area contributed by atoms with Crippen LogP contribution in [0.3, 0.4) is 0 Å². The van der Waals surface area contributed by atoms with Gasteiger partial charge >= 0.3 is 0 Å². The second-order valence-corrected chi connectivity index (χ2v) is 5.61. The Morgan fingerprint density at radius 1 is 0.857 bits per heavy atom. The Kier molecular flexibility index (Phi) is 4.01. The number of unbranched alkanes of at least 4 members (excludes halogenated alkanes) is 2. The number of rotatable bonds is 5. The number of hydrogen-bond acceptors (Lipinski definition) is 1. The molecule has 0 aliphatic rings. The van der Waals surface area contributed by atoms with E-state index in [0.717, 1.165) is 35.6 Å². The van der Waals surface area contributed by atoms with Crippen LogP contribution in [0, 0.1) is 0 Å². The molecule has 3 aromatic rings. The third kappa shape index (κ3) is 2.82. The number of hydrogen-bond donors (Lipinski definition) is 0. The molecule has 21 heavy (non-hydrogen) atoms. The van der Waals surface area contributed by atoms with Crippen LogP contribution in [0.25, 0.3) is 21.5 Å². The van der Waals surface area contributed by atoms with E-state index in [0.29, 0.717) is 6.42 Å². The van der Waals surface area contributed by atoms with Gasteiger partial charge in [0.15, 0.2) is 5.78 Å². The van der Waals surface area contributed by atoms with Crippen molar-refractivity contribution in [3.05, 3.63) is 60.2 Å². The summed E-state index contributed by atoms with van der Waals surface area (Å²) in [7, 11) is 0. The van der Waals surface area contributed by atoms with Gasteiger partial charge in [-0.05, 0) is 40.1 Å². The first-order chi connectivity index (χ1) is 10.3. The Bertz CT molecular complexity index is 786. The molecule has 1 nitrogen and oxygen atoms in total. The fourth-order valence-corrected chi connectivity index (χ4v) is 2.88. The zero-order chi connectivity index (χ0) is 14.7. The highest BCUT2D eigenvalue weighted by Gasteiger charge is 2.10. The van der Waals surface area contributed by atoms with Crippen molar-refractivity contribution < 1.29 is 4.79 Å². The van der Waals surface area contributed by atoms with E-state index in [9.17, 15) is 4.79 Å². The molecular formula is C20H20O. The van der Waals surface area contributed by atoms with E-state index >= 15 is 0 Å². The molecule has 0 saturated heterocycles. The normalized spacial score (nSPS) is 11.1. The van der Waals surface area contributed by atoms with Crippen LogP contribution in [0.15, 0.2) is 54.6 Å². The second kappa shape index (κ2) is 6.09. The first-order valence-corrected chi connectivity index (χ1v) is 7.74. The molecule has 0 N–H and O–H groups in total. The van der Waals surface area contributed by atoms with Gasteiger partial charge < -0.3 is 0 Å². The first kappa shape index (κ1) is 13.8. The van der Waals surface area contributed by atoms with Gasteiger partial charge in [-0.2, -0.15) is 0 Å². The number of carbonyl (C=O) groups is 1. The summed E-state index contributed by atoms with van der Waals surface area (Å²) in [5.41, 5.74) is 0.870. The van der Waals surface area contributed by atoms with E-state index in [2.05, 4.69) is 37.3 Å². The molecule has 0 atom stereocenters. The molecule has 3 aromatic carbocycles. The highest BCUT2D eigenvalue weighted by atomic mass is 16.1. The van der Waals surface area contributed by atoms with Crippen molar-refractivity contribution in [3.8, 4) is 0 Å². The van der Waals surface area contributed by atoms with Crippen LogP contribution in [0.1, 0.15) is 43.0 Å². The van der Waals surface area contributed by atoms with Crippen molar-refractivity contribution in [1.82, 2.24) is 0 Å². The summed E-state index contributed by atoms with van der Waals surface area (Å²) in [6.07, 6.45) is 3.91. The number of carbonyl (C=O) groups excluding carboxylic acids is 1. The summed E-state index contributed by atoms with van der Waals surface area (Å²) in [6.45, 7) is 2.16. The SMILES string of the molecule is CCCCCC(=O)c1cccc2cc3ccccc3cc12. The summed E-state index contributed by atoms with van der Waals surface area (Å²) in [4.78, 5) is 12.5. The van der Waals surface area contributed by atoms with Gasteiger partial charge in [0.1, 0.15) is 0 Å². The van der Waals surface area contributed by atoms with Crippen molar-refractivity contribution >= 4 is 27.3 Å². The maximum absolute atomic E-state index is 12.5. The molecule has 0 bridgehead atoms. The monoisotopic (exact) mass is 276 g/mol. The minimum Gasteiger partial charge on any atom is -0.294 e. The Labute approximate surface area is 125 Å². The van der Waals surface area contributed by atoms with Gasteiger partial charge in [0, 0.05) is 12.0 Å². The number of Topliss-reactive ketones (excluding diaryl/α,β-unsaturated/α-hetero) is 1. The molecule has 3 rings (SSSR count). The maximum atomic E-state index is 12.5. The zero-order valence-electron chi connectivity index (χ0n) is 12.4. The van der Waals surface area contributed by atoms with E-state index < -0.39 is 0 Å². The number of ketones is 1. The summed E-state index contributed by atoms with van der Waals surface area (Å²) in [5, 5.41) is 4.65. The van der Waals surface area contributed by atoms with Crippen molar-refractivity contribution in [2.45, 2.75) is 32.6 Å². The fraction of sp³-hybridized carbons (Fsp3) is 0.250. The molecule has 0 heterocycles. The summed E-state index contributed by atoms with van der Waals surface area (Å²) >= 11 is 0. The van der Waals surface area contributed by atoms with Crippen LogP contribution >= 0.6 is 0 Å². The Hall–Kier alpha value is -2.15. The molecule has 0 saturated carbocycles. The molecule has 0 amide bonds. The van der Waals surface area contributed by atoms with Gasteiger partial charge in [0.2, 0.25) is 0 Å². The fourth-order valence-electron chi connectivity index (χ4n) is 2.88. The van der Waals surface area contributed by atoms with Gasteiger partial charge in [-0.1, -0.05) is 62.2 Å². The van der Waals surface area contributed by atoms with Crippen molar-refractivity contribution in [1.29, 1.82) is 0 Å². The predicted octanol–water partition coefficient (Wildman–Crippen LogP) is 5.76.